The van der Waals surface area contributed by atoms with Crippen molar-refractivity contribution in [2.45, 2.75) is 51.4 Å². The zero-order valence-corrected chi connectivity index (χ0v) is 16.5. The molecule has 2 aliphatic heterocycles. The Morgan fingerprint density at radius 1 is 1.17 bits per heavy atom. The summed E-state index contributed by atoms with van der Waals surface area (Å²) in [4.78, 5) is 14.8. The smallest absolute Gasteiger partial charge is 0.363 e. The quantitative estimate of drug-likeness (QED) is 0.785. The van der Waals surface area contributed by atoms with Gasteiger partial charge in [-0.15, -0.1) is 0 Å². The molecule has 1 saturated heterocycles. The Balaban J connectivity index is 1.68. The maximum atomic E-state index is 13.8. The lowest BCUT2D eigenvalue weighted by Gasteiger charge is -2.35. The Labute approximate surface area is 167 Å². The lowest BCUT2D eigenvalue weighted by Crippen LogP contribution is -2.39. The van der Waals surface area contributed by atoms with Crippen molar-refractivity contribution in [3.05, 3.63) is 47.2 Å². The molecule has 5 nitrogen and oxygen atoms in total. The number of aromatic nitrogens is 2. The summed E-state index contributed by atoms with van der Waals surface area (Å²) in [6.07, 6.45) is -1.54. The van der Waals surface area contributed by atoms with Gasteiger partial charge in [0.05, 0.1) is 12.2 Å². The molecule has 0 aliphatic carbocycles. The first-order valence-corrected chi connectivity index (χ1v) is 10.0. The molecular weight excluding hydrogens is 381 g/mol. The summed E-state index contributed by atoms with van der Waals surface area (Å²) < 4.78 is 42.3. The second kappa shape index (κ2) is 7.39. The summed E-state index contributed by atoms with van der Waals surface area (Å²) in [5.74, 6) is 0.461. The minimum Gasteiger partial charge on any atom is -0.363 e. The Kier molecular flexibility index (Phi) is 5.04. The van der Waals surface area contributed by atoms with Crippen molar-refractivity contribution in [2.24, 2.45) is 5.92 Å². The number of piperidine rings is 1. The fourth-order valence-corrected chi connectivity index (χ4v) is 4.12. The number of nitrogens with one attached hydrogen (secondary N) is 1. The molecule has 0 radical (unpaired) electrons. The first kappa shape index (κ1) is 19.8. The van der Waals surface area contributed by atoms with E-state index >= 15 is 0 Å². The van der Waals surface area contributed by atoms with Crippen LogP contribution < -0.4 is 5.32 Å². The van der Waals surface area contributed by atoms with E-state index in [1.54, 1.807) is 4.90 Å². The van der Waals surface area contributed by atoms with Crippen LogP contribution in [0.3, 0.4) is 0 Å². The van der Waals surface area contributed by atoms with Crippen LogP contribution in [0.4, 0.5) is 19.0 Å². The Bertz CT molecular complexity index is 882. The van der Waals surface area contributed by atoms with Crippen LogP contribution in [0.1, 0.15) is 59.8 Å². The van der Waals surface area contributed by atoms with E-state index < -0.39 is 18.3 Å². The molecule has 1 N–H and O–H groups in total. The van der Waals surface area contributed by atoms with Crippen molar-refractivity contribution in [2.75, 3.05) is 18.4 Å². The SMILES string of the molecule is Cc1ccc([C@@H]2C[C@@H](C(F)(F)F)n3ncc(C(=O)N4CCC(C)CC4)c3N2)cc1. The summed E-state index contributed by atoms with van der Waals surface area (Å²) in [7, 11) is 0. The van der Waals surface area contributed by atoms with E-state index in [0.717, 1.165) is 28.7 Å². The van der Waals surface area contributed by atoms with E-state index in [-0.39, 0.29) is 23.7 Å². The number of benzene rings is 1. The summed E-state index contributed by atoms with van der Waals surface area (Å²) in [6.45, 7) is 5.32. The van der Waals surface area contributed by atoms with E-state index in [9.17, 15) is 18.0 Å². The second-order valence-corrected chi connectivity index (χ2v) is 8.23. The van der Waals surface area contributed by atoms with Gasteiger partial charge < -0.3 is 10.2 Å². The number of fused-ring (bicyclic) bond motifs is 1. The highest BCUT2D eigenvalue weighted by Gasteiger charge is 2.47. The number of hydrogen-bond acceptors (Lipinski definition) is 3. The summed E-state index contributed by atoms with van der Waals surface area (Å²) in [6, 6.07) is 5.12. The van der Waals surface area contributed by atoms with Crippen LogP contribution >= 0.6 is 0 Å². The van der Waals surface area contributed by atoms with E-state index in [1.807, 2.05) is 31.2 Å². The zero-order valence-electron chi connectivity index (χ0n) is 16.5. The molecule has 156 valence electrons. The third-order valence-corrected chi connectivity index (χ3v) is 6.02. The summed E-state index contributed by atoms with van der Waals surface area (Å²) >= 11 is 0. The molecule has 8 heteroatoms. The first-order valence-electron chi connectivity index (χ1n) is 10.0. The zero-order chi connectivity index (χ0) is 20.8. The van der Waals surface area contributed by atoms with E-state index in [0.29, 0.717) is 19.0 Å². The van der Waals surface area contributed by atoms with Crippen LogP contribution in [-0.2, 0) is 0 Å². The Hall–Kier alpha value is -2.51. The van der Waals surface area contributed by atoms with Gasteiger partial charge in [-0.1, -0.05) is 36.8 Å². The molecule has 0 spiro atoms. The molecule has 1 aromatic carbocycles. The number of nitrogens with zero attached hydrogens (tertiary/aromatic N) is 3. The van der Waals surface area contributed by atoms with Gasteiger partial charge in [-0.05, 0) is 31.2 Å². The number of likely N-dealkylation sites (tertiary alicyclic amines) is 1. The monoisotopic (exact) mass is 406 g/mol. The van der Waals surface area contributed by atoms with Gasteiger partial charge >= 0.3 is 6.18 Å². The molecule has 29 heavy (non-hydrogen) atoms. The minimum absolute atomic E-state index is 0.160. The number of carbonyl (C=O) groups is 1. The maximum Gasteiger partial charge on any atom is 0.410 e. The lowest BCUT2D eigenvalue weighted by molar-refractivity contribution is -0.173. The summed E-state index contributed by atoms with van der Waals surface area (Å²) in [5, 5.41) is 7.13. The summed E-state index contributed by atoms with van der Waals surface area (Å²) in [5.41, 5.74) is 2.02. The number of halogens is 3. The molecule has 1 fully saturated rings. The van der Waals surface area contributed by atoms with Crippen LogP contribution in [-0.4, -0.2) is 39.9 Å². The molecule has 4 rings (SSSR count). The number of alkyl halides is 3. The molecule has 2 atom stereocenters. The number of anilines is 1. The number of rotatable bonds is 2. The Morgan fingerprint density at radius 2 is 1.83 bits per heavy atom. The van der Waals surface area contributed by atoms with Crippen molar-refractivity contribution in [1.82, 2.24) is 14.7 Å². The Morgan fingerprint density at radius 3 is 2.45 bits per heavy atom. The predicted octanol–water partition coefficient (Wildman–Crippen LogP) is 4.72. The van der Waals surface area contributed by atoms with Crippen molar-refractivity contribution in [3.63, 3.8) is 0 Å². The highest BCUT2D eigenvalue weighted by molar-refractivity contribution is 5.99. The van der Waals surface area contributed by atoms with Gasteiger partial charge in [0.2, 0.25) is 0 Å². The van der Waals surface area contributed by atoms with Gasteiger partial charge in [-0.3, -0.25) is 4.79 Å². The number of aryl methyl sites for hydroxylation is 1. The molecule has 2 aliphatic rings. The van der Waals surface area contributed by atoms with Crippen molar-refractivity contribution in [1.29, 1.82) is 0 Å². The third-order valence-electron chi connectivity index (χ3n) is 6.02. The van der Waals surface area contributed by atoms with Crippen molar-refractivity contribution in [3.8, 4) is 0 Å². The third kappa shape index (κ3) is 3.84. The van der Waals surface area contributed by atoms with Crippen molar-refractivity contribution < 1.29 is 18.0 Å². The predicted molar refractivity (Wildman–Crippen MR) is 104 cm³/mol. The number of carbonyl (C=O) groups excluding carboxylic acids is 1. The van der Waals surface area contributed by atoms with Gasteiger partial charge in [-0.25, -0.2) is 4.68 Å². The van der Waals surface area contributed by atoms with E-state index in [4.69, 9.17) is 0 Å². The standard InChI is InChI=1S/C21H25F3N4O/c1-13-3-5-15(6-4-13)17-11-18(21(22,23)24)28-19(26-17)16(12-25-28)20(29)27-9-7-14(2)8-10-27/h3-6,12,14,17-18,26H,7-11H2,1-2H3/t17-,18-/m0/s1. The average molecular weight is 406 g/mol. The maximum absolute atomic E-state index is 13.8. The van der Waals surface area contributed by atoms with Crippen molar-refractivity contribution >= 4 is 11.7 Å². The normalized spacial score (nSPS) is 22.9. The van der Waals surface area contributed by atoms with Crippen LogP contribution in [0, 0.1) is 12.8 Å². The highest BCUT2D eigenvalue weighted by atomic mass is 19.4. The molecule has 3 heterocycles. The minimum atomic E-state index is -4.45. The fourth-order valence-electron chi connectivity index (χ4n) is 4.12. The van der Waals surface area contributed by atoms with Crippen LogP contribution in [0.25, 0.3) is 0 Å². The van der Waals surface area contributed by atoms with Crippen LogP contribution in [0.5, 0.6) is 0 Å². The molecule has 1 amide bonds. The van der Waals surface area contributed by atoms with E-state index in [1.165, 1.54) is 6.20 Å². The largest absolute Gasteiger partial charge is 0.410 e. The van der Waals surface area contributed by atoms with E-state index in [2.05, 4.69) is 17.3 Å². The number of amides is 1. The average Bonchev–Trinajstić information content (AvgIpc) is 3.11. The first-order chi connectivity index (χ1) is 13.7. The van der Waals surface area contributed by atoms with Gasteiger partial charge in [0.15, 0.2) is 6.04 Å². The van der Waals surface area contributed by atoms with Crippen LogP contribution in [0.15, 0.2) is 30.5 Å². The molecule has 0 saturated carbocycles. The highest BCUT2D eigenvalue weighted by Crippen LogP contribution is 2.44. The van der Waals surface area contributed by atoms with Gasteiger partial charge in [0.25, 0.3) is 5.91 Å². The second-order valence-electron chi connectivity index (χ2n) is 8.23. The molecule has 2 aromatic rings. The number of hydrogen-bond donors (Lipinski definition) is 1. The topological polar surface area (TPSA) is 50.2 Å². The molecular formula is C21H25F3N4O. The van der Waals surface area contributed by atoms with Gasteiger partial charge in [-0.2, -0.15) is 18.3 Å². The van der Waals surface area contributed by atoms with Crippen LogP contribution in [0.2, 0.25) is 0 Å². The molecule has 1 aromatic heterocycles. The molecule has 0 unspecified atom stereocenters. The lowest BCUT2D eigenvalue weighted by atomic mass is 9.95. The molecule has 0 bridgehead atoms. The fraction of sp³-hybridized carbons (Fsp3) is 0.524. The van der Waals surface area contributed by atoms with Gasteiger partial charge in [0.1, 0.15) is 11.4 Å². The van der Waals surface area contributed by atoms with Gasteiger partial charge in [0, 0.05) is 19.5 Å².